The third-order valence-corrected chi connectivity index (χ3v) is 7.03. The highest BCUT2D eigenvalue weighted by atomic mass is 19.4. The van der Waals surface area contributed by atoms with Crippen LogP contribution in [0.4, 0.5) is 17.6 Å². The van der Waals surface area contributed by atoms with Crippen molar-refractivity contribution in [2.75, 3.05) is 0 Å². The summed E-state index contributed by atoms with van der Waals surface area (Å²) in [6.45, 7) is 2.22. The first-order chi connectivity index (χ1) is 18.3. The molecule has 0 aliphatic heterocycles. The summed E-state index contributed by atoms with van der Waals surface area (Å²) in [6.07, 6.45) is 9.16. The van der Waals surface area contributed by atoms with E-state index < -0.39 is 11.7 Å². The fourth-order valence-corrected chi connectivity index (χ4v) is 4.70. The molecule has 38 heavy (non-hydrogen) atoms. The highest BCUT2D eigenvalue weighted by Gasteiger charge is 2.29. The van der Waals surface area contributed by atoms with Gasteiger partial charge in [-0.3, -0.25) is 0 Å². The zero-order valence-electron chi connectivity index (χ0n) is 21.8. The van der Waals surface area contributed by atoms with Gasteiger partial charge in [0.15, 0.2) is 0 Å². The molecule has 0 saturated heterocycles. The van der Waals surface area contributed by atoms with Gasteiger partial charge in [0.2, 0.25) is 0 Å². The number of aromatic nitrogens is 2. The molecule has 4 rings (SSSR count). The summed E-state index contributed by atoms with van der Waals surface area (Å²) in [5.74, 6) is 0.541. The third-order valence-electron chi connectivity index (χ3n) is 7.03. The van der Waals surface area contributed by atoms with Crippen LogP contribution in [0, 0.1) is 5.82 Å². The minimum absolute atomic E-state index is 0.269. The van der Waals surface area contributed by atoms with Crippen LogP contribution < -0.4 is 0 Å². The molecular formula is C32H34F4N2. The molecule has 2 nitrogen and oxygen atoms in total. The molecule has 0 radical (unpaired) electrons. The number of alkyl halides is 3. The van der Waals surface area contributed by atoms with E-state index in [1.807, 2.05) is 36.7 Å². The Balaban J connectivity index is 1.32. The molecule has 0 atom stereocenters. The van der Waals surface area contributed by atoms with Gasteiger partial charge in [-0.2, -0.15) is 13.2 Å². The Morgan fingerprint density at radius 2 is 1.34 bits per heavy atom. The Bertz CT molecular complexity index is 1310. The van der Waals surface area contributed by atoms with E-state index >= 15 is 4.39 Å². The molecule has 1 aromatic heterocycles. The second-order valence-electron chi connectivity index (χ2n) is 9.96. The maximum atomic E-state index is 15.2. The first kappa shape index (κ1) is 27.7. The van der Waals surface area contributed by atoms with E-state index in [2.05, 4.69) is 16.9 Å². The van der Waals surface area contributed by atoms with E-state index in [1.165, 1.54) is 49.8 Å². The molecule has 0 spiro atoms. The van der Waals surface area contributed by atoms with Crippen molar-refractivity contribution in [3.8, 4) is 0 Å². The van der Waals surface area contributed by atoms with E-state index in [-0.39, 0.29) is 5.82 Å². The van der Waals surface area contributed by atoms with Gasteiger partial charge in [0, 0.05) is 24.2 Å². The molecule has 0 fully saturated rings. The van der Waals surface area contributed by atoms with Gasteiger partial charge in [0.1, 0.15) is 11.6 Å². The van der Waals surface area contributed by atoms with Crippen molar-refractivity contribution >= 4 is 10.8 Å². The number of rotatable bonds is 12. The van der Waals surface area contributed by atoms with Gasteiger partial charge in [0.05, 0.1) is 5.56 Å². The molecule has 0 aliphatic carbocycles. The van der Waals surface area contributed by atoms with Gasteiger partial charge in [-0.05, 0) is 71.9 Å². The second-order valence-corrected chi connectivity index (χ2v) is 9.96. The first-order valence-electron chi connectivity index (χ1n) is 13.5. The molecule has 200 valence electrons. The smallest absolute Gasteiger partial charge is 0.241 e. The van der Waals surface area contributed by atoms with Crippen molar-refractivity contribution < 1.29 is 17.6 Å². The van der Waals surface area contributed by atoms with Crippen molar-refractivity contribution in [1.82, 2.24) is 9.97 Å². The van der Waals surface area contributed by atoms with Gasteiger partial charge < -0.3 is 0 Å². The maximum absolute atomic E-state index is 15.2. The van der Waals surface area contributed by atoms with Crippen LogP contribution in [-0.2, 0) is 38.3 Å². The molecule has 0 N–H and O–H groups in total. The molecular weight excluding hydrogens is 488 g/mol. The number of aryl methyl sites for hydroxylation is 5. The van der Waals surface area contributed by atoms with E-state index in [0.717, 1.165) is 53.7 Å². The molecule has 1 heterocycles. The topological polar surface area (TPSA) is 25.8 Å². The Labute approximate surface area is 222 Å². The predicted molar refractivity (Wildman–Crippen MR) is 145 cm³/mol. The fourth-order valence-electron chi connectivity index (χ4n) is 4.70. The van der Waals surface area contributed by atoms with Crippen LogP contribution in [0.25, 0.3) is 10.8 Å². The summed E-state index contributed by atoms with van der Waals surface area (Å²) < 4.78 is 53.5. The van der Waals surface area contributed by atoms with Crippen LogP contribution in [-0.4, -0.2) is 9.97 Å². The number of halogens is 4. The monoisotopic (exact) mass is 522 g/mol. The summed E-state index contributed by atoms with van der Waals surface area (Å²) in [6, 6.07) is 14.5. The molecule has 6 heteroatoms. The zero-order valence-corrected chi connectivity index (χ0v) is 21.8. The highest BCUT2D eigenvalue weighted by Crippen LogP contribution is 2.29. The Kier molecular flexibility index (Phi) is 9.48. The Morgan fingerprint density at radius 1 is 0.658 bits per heavy atom. The summed E-state index contributed by atoms with van der Waals surface area (Å²) in [5.41, 5.74) is 2.91. The number of hydrogen-bond donors (Lipinski definition) is 0. The number of unbranched alkanes of at least 4 members (excludes halogenated alkanes) is 4. The molecule has 0 unspecified atom stereocenters. The van der Waals surface area contributed by atoms with Gasteiger partial charge in [-0.1, -0.05) is 75.1 Å². The van der Waals surface area contributed by atoms with Crippen molar-refractivity contribution in [3.05, 3.63) is 106 Å². The Morgan fingerprint density at radius 3 is 2.05 bits per heavy atom. The van der Waals surface area contributed by atoms with Gasteiger partial charge >= 0.3 is 6.18 Å². The standard InChI is InChI=1S/C32H34F4N2/c1-2-3-4-5-6-7-25-21-37-30(38-22-25)19-12-24-11-18-29-27(20-24)15-14-26(31(29)33)13-8-23-9-16-28(17-10-23)32(34,35)36/h9-11,14-18,20-22H,2-8,12-13,19H2,1H3. The summed E-state index contributed by atoms with van der Waals surface area (Å²) in [7, 11) is 0. The summed E-state index contributed by atoms with van der Waals surface area (Å²) in [4.78, 5) is 9.06. The van der Waals surface area contributed by atoms with Crippen LogP contribution in [0.5, 0.6) is 0 Å². The predicted octanol–water partition coefficient (Wildman–Crippen LogP) is 8.87. The lowest BCUT2D eigenvalue weighted by Crippen LogP contribution is -2.04. The molecule has 3 aromatic carbocycles. The van der Waals surface area contributed by atoms with Gasteiger partial charge in [-0.25, -0.2) is 14.4 Å². The fraction of sp³-hybridized carbons (Fsp3) is 0.375. The van der Waals surface area contributed by atoms with Crippen LogP contribution in [0.1, 0.15) is 72.7 Å². The average molecular weight is 523 g/mol. The molecule has 0 aliphatic rings. The van der Waals surface area contributed by atoms with Crippen molar-refractivity contribution in [3.63, 3.8) is 0 Å². The lowest BCUT2D eigenvalue weighted by molar-refractivity contribution is -0.137. The van der Waals surface area contributed by atoms with Crippen molar-refractivity contribution in [2.45, 2.75) is 77.3 Å². The lowest BCUT2D eigenvalue weighted by atomic mass is 9.98. The van der Waals surface area contributed by atoms with Gasteiger partial charge in [0.25, 0.3) is 0 Å². The SMILES string of the molecule is CCCCCCCc1cnc(CCc2ccc3c(F)c(CCc4ccc(C(F)(F)F)cc4)ccc3c2)nc1. The van der Waals surface area contributed by atoms with Gasteiger partial charge in [-0.15, -0.1) is 0 Å². The minimum Gasteiger partial charge on any atom is -0.241 e. The first-order valence-corrected chi connectivity index (χ1v) is 13.5. The summed E-state index contributed by atoms with van der Waals surface area (Å²) >= 11 is 0. The van der Waals surface area contributed by atoms with E-state index in [9.17, 15) is 13.2 Å². The minimum atomic E-state index is -4.35. The summed E-state index contributed by atoms with van der Waals surface area (Å²) in [5, 5.41) is 1.39. The van der Waals surface area contributed by atoms with Crippen LogP contribution in [0.2, 0.25) is 0 Å². The van der Waals surface area contributed by atoms with E-state index in [1.54, 1.807) is 6.07 Å². The van der Waals surface area contributed by atoms with Crippen LogP contribution in [0.15, 0.2) is 67.0 Å². The van der Waals surface area contributed by atoms with Crippen molar-refractivity contribution in [1.29, 1.82) is 0 Å². The van der Waals surface area contributed by atoms with Crippen LogP contribution >= 0.6 is 0 Å². The normalized spacial score (nSPS) is 11.8. The number of fused-ring (bicyclic) bond motifs is 1. The number of nitrogens with zero attached hydrogens (tertiary/aromatic N) is 2. The quantitative estimate of drug-likeness (QED) is 0.137. The molecule has 4 aromatic rings. The van der Waals surface area contributed by atoms with E-state index in [4.69, 9.17) is 0 Å². The molecule has 0 bridgehead atoms. The largest absolute Gasteiger partial charge is 0.416 e. The number of benzene rings is 3. The molecule has 0 saturated carbocycles. The molecule has 0 amide bonds. The number of hydrogen-bond acceptors (Lipinski definition) is 2. The lowest BCUT2D eigenvalue weighted by Gasteiger charge is -2.10. The third kappa shape index (κ3) is 7.62. The average Bonchev–Trinajstić information content (AvgIpc) is 2.92. The highest BCUT2D eigenvalue weighted by molar-refractivity contribution is 5.84. The van der Waals surface area contributed by atoms with Crippen LogP contribution in [0.3, 0.4) is 0 Å². The second kappa shape index (κ2) is 13.0. The Hall–Kier alpha value is -3.28. The van der Waals surface area contributed by atoms with E-state index in [0.29, 0.717) is 23.8 Å². The zero-order chi connectivity index (χ0) is 27.0. The maximum Gasteiger partial charge on any atom is 0.416 e. The van der Waals surface area contributed by atoms with Crippen molar-refractivity contribution in [2.24, 2.45) is 0 Å².